The summed E-state index contributed by atoms with van der Waals surface area (Å²) < 4.78 is 26.5. The SMILES string of the molecule is Cc1ccc(Oc2c(F)cccc2O[C@@H]2CCC[C@@H](NCc3ccccc3)[C@H]2O)cc1. The van der Waals surface area contributed by atoms with Crippen LogP contribution in [-0.4, -0.2) is 23.4 Å². The van der Waals surface area contributed by atoms with Gasteiger partial charge in [0.05, 0.1) is 0 Å². The number of hydrogen-bond donors (Lipinski definition) is 2. The molecule has 0 heterocycles. The molecular weight excluding hydrogens is 393 g/mol. The Balaban J connectivity index is 1.45. The minimum atomic E-state index is -0.701. The first kappa shape index (κ1) is 21.3. The largest absolute Gasteiger partial charge is 0.484 e. The van der Waals surface area contributed by atoms with Crippen molar-refractivity contribution in [3.8, 4) is 17.2 Å². The van der Waals surface area contributed by atoms with E-state index in [-0.39, 0.29) is 11.8 Å². The molecule has 0 radical (unpaired) electrons. The number of nitrogens with one attached hydrogen (secondary N) is 1. The maximum Gasteiger partial charge on any atom is 0.204 e. The average molecular weight is 422 g/mol. The molecule has 3 aromatic rings. The van der Waals surface area contributed by atoms with Gasteiger partial charge >= 0.3 is 0 Å². The first-order valence-electron chi connectivity index (χ1n) is 10.8. The maximum atomic E-state index is 14.6. The fourth-order valence-electron chi connectivity index (χ4n) is 3.90. The second kappa shape index (κ2) is 9.94. The minimum absolute atomic E-state index is 0.0397. The number of benzene rings is 3. The average Bonchev–Trinajstić information content (AvgIpc) is 2.79. The maximum absolute atomic E-state index is 14.6. The number of para-hydroxylation sites is 1. The van der Waals surface area contributed by atoms with E-state index in [9.17, 15) is 9.50 Å². The highest BCUT2D eigenvalue weighted by Gasteiger charge is 2.34. The predicted molar refractivity (Wildman–Crippen MR) is 119 cm³/mol. The van der Waals surface area contributed by atoms with Gasteiger partial charge in [-0.05, 0) is 56.0 Å². The molecule has 0 spiro atoms. The lowest BCUT2D eigenvalue weighted by atomic mass is 9.89. The molecule has 1 saturated carbocycles. The van der Waals surface area contributed by atoms with Crippen LogP contribution in [0.25, 0.3) is 0 Å². The van der Waals surface area contributed by atoms with Crippen LogP contribution in [0.5, 0.6) is 17.2 Å². The monoisotopic (exact) mass is 421 g/mol. The van der Waals surface area contributed by atoms with Gasteiger partial charge in [0.25, 0.3) is 0 Å². The van der Waals surface area contributed by atoms with Gasteiger partial charge < -0.3 is 19.9 Å². The van der Waals surface area contributed by atoms with E-state index in [2.05, 4.69) is 17.4 Å². The third-order valence-electron chi connectivity index (χ3n) is 5.66. The van der Waals surface area contributed by atoms with Crippen LogP contribution in [0.1, 0.15) is 30.4 Å². The molecule has 31 heavy (non-hydrogen) atoms. The number of ether oxygens (including phenoxy) is 2. The highest BCUT2D eigenvalue weighted by atomic mass is 19.1. The van der Waals surface area contributed by atoms with Gasteiger partial charge in [-0.3, -0.25) is 0 Å². The molecule has 4 nitrogen and oxygen atoms in total. The standard InChI is InChI=1S/C26H28FNO3/c1-18-13-15-20(16-14-18)30-26-21(27)9-5-12-24(26)31-23-11-6-10-22(25(23)29)28-17-19-7-3-2-4-8-19/h2-5,7-9,12-16,22-23,25,28-29H,6,10-11,17H2,1H3/t22-,23-,25-/m1/s1. The molecule has 5 heteroatoms. The summed E-state index contributed by atoms with van der Waals surface area (Å²) in [4.78, 5) is 0. The van der Waals surface area contributed by atoms with Crippen molar-refractivity contribution in [3.05, 3.63) is 89.7 Å². The van der Waals surface area contributed by atoms with E-state index in [1.165, 1.54) is 6.07 Å². The van der Waals surface area contributed by atoms with Gasteiger partial charge in [-0.1, -0.05) is 54.1 Å². The van der Waals surface area contributed by atoms with E-state index in [1.54, 1.807) is 24.3 Å². The fourth-order valence-corrected chi connectivity index (χ4v) is 3.90. The second-order valence-corrected chi connectivity index (χ2v) is 8.03. The molecule has 1 aliphatic rings. The van der Waals surface area contributed by atoms with Gasteiger partial charge in [-0.15, -0.1) is 0 Å². The number of aliphatic hydroxyl groups is 1. The molecule has 1 fully saturated rings. The van der Waals surface area contributed by atoms with E-state index in [4.69, 9.17) is 9.47 Å². The summed E-state index contributed by atoms with van der Waals surface area (Å²) in [6.07, 6.45) is 1.34. The number of aliphatic hydroxyl groups excluding tert-OH is 1. The fraction of sp³-hybridized carbons (Fsp3) is 0.308. The minimum Gasteiger partial charge on any atom is -0.484 e. The number of hydrogen-bond acceptors (Lipinski definition) is 4. The summed E-state index contributed by atoms with van der Waals surface area (Å²) >= 11 is 0. The summed E-state index contributed by atoms with van der Waals surface area (Å²) in [5, 5.41) is 14.4. The van der Waals surface area contributed by atoms with E-state index in [0.717, 1.165) is 24.0 Å². The van der Waals surface area contributed by atoms with Crippen molar-refractivity contribution in [2.45, 2.75) is 51.0 Å². The van der Waals surface area contributed by atoms with Gasteiger partial charge in [0.1, 0.15) is 18.0 Å². The Hall–Kier alpha value is -2.89. The summed E-state index contributed by atoms with van der Waals surface area (Å²) in [6, 6.07) is 22.0. The molecular formula is C26H28FNO3. The van der Waals surface area contributed by atoms with E-state index < -0.39 is 18.0 Å². The van der Waals surface area contributed by atoms with E-state index >= 15 is 0 Å². The Labute approximate surface area is 182 Å². The van der Waals surface area contributed by atoms with Crippen LogP contribution in [0, 0.1) is 12.7 Å². The summed E-state index contributed by atoms with van der Waals surface area (Å²) in [7, 11) is 0. The number of rotatable bonds is 7. The molecule has 0 aliphatic heterocycles. The van der Waals surface area contributed by atoms with Crippen LogP contribution >= 0.6 is 0 Å². The lowest BCUT2D eigenvalue weighted by Crippen LogP contribution is -2.50. The lowest BCUT2D eigenvalue weighted by Gasteiger charge is -2.35. The second-order valence-electron chi connectivity index (χ2n) is 8.03. The third kappa shape index (κ3) is 5.43. The van der Waals surface area contributed by atoms with Gasteiger partial charge in [-0.25, -0.2) is 4.39 Å². The predicted octanol–water partition coefficient (Wildman–Crippen LogP) is 5.38. The Kier molecular flexibility index (Phi) is 6.85. The quantitative estimate of drug-likeness (QED) is 0.538. The van der Waals surface area contributed by atoms with Gasteiger partial charge in [0, 0.05) is 12.6 Å². The zero-order chi connectivity index (χ0) is 21.6. The van der Waals surface area contributed by atoms with Crippen LogP contribution in [0.3, 0.4) is 0 Å². The summed E-state index contributed by atoms with van der Waals surface area (Å²) in [5.41, 5.74) is 2.26. The molecule has 0 unspecified atom stereocenters. The van der Waals surface area contributed by atoms with Crippen LogP contribution in [0.15, 0.2) is 72.8 Å². The first-order valence-corrected chi connectivity index (χ1v) is 10.8. The van der Waals surface area contributed by atoms with Crippen LogP contribution in [0.2, 0.25) is 0 Å². The molecule has 2 N–H and O–H groups in total. The van der Waals surface area contributed by atoms with Gasteiger partial charge in [-0.2, -0.15) is 0 Å². The topological polar surface area (TPSA) is 50.7 Å². The smallest absolute Gasteiger partial charge is 0.204 e. The Bertz CT molecular complexity index is 978. The van der Waals surface area contributed by atoms with Crippen LogP contribution in [-0.2, 0) is 6.54 Å². The van der Waals surface area contributed by atoms with E-state index in [1.807, 2.05) is 37.3 Å². The van der Waals surface area contributed by atoms with Crippen LogP contribution in [0.4, 0.5) is 4.39 Å². The normalized spacial score (nSPS) is 20.9. The van der Waals surface area contributed by atoms with Crippen molar-refractivity contribution in [2.24, 2.45) is 0 Å². The Morgan fingerprint density at radius 3 is 2.52 bits per heavy atom. The van der Waals surface area contributed by atoms with Crippen molar-refractivity contribution < 1.29 is 19.0 Å². The molecule has 0 bridgehead atoms. The molecule has 1 aliphatic carbocycles. The first-order chi connectivity index (χ1) is 15.1. The Morgan fingerprint density at radius 2 is 1.74 bits per heavy atom. The molecule has 3 atom stereocenters. The third-order valence-corrected chi connectivity index (χ3v) is 5.66. The molecule has 0 aromatic heterocycles. The molecule has 162 valence electrons. The van der Waals surface area contributed by atoms with Crippen molar-refractivity contribution in [3.63, 3.8) is 0 Å². The highest BCUT2D eigenvalue weighted by Crippen LogP contribution is 2.36. The van der Waals surface area contributed by atoms with Crippen molar-refractivity contribution in [1.29, 1.82) is 0 Å². The molecule has 0 saturated heterocycles. The lowest BCUT2D eigenvalue weighted by molar-refractivity contribution is -0.0167. The van der Waals surface area contributed by atoms with E-state index in [0.29, 0.717) is 24.5 Å². The number of halogens is 1. The zero-order valence-electron chi connectivity index (χ0n) is 17.6. The van der Waals surface area contributed by atoms with Crippen molar-refractivity contribution in [1.82, 2.24) is 5.32 Å². The number of aryl methyl sites for hydroxylation is 1. The molecule has 0 amide bonds. The van der Waals surface area contributed by atoms with Gasteiger partial charge in [0.2, 0.25) is 5.75 Å². The highest BCUT2D eigenvalue weighted by molar-refractivity contribution is 5.44. The van der Waals surface area contributed by atoms with Gasteiger partial charge in [0.15, 0.2) is 11.6 Å². The molecule has 3 aromatic carbocycles. The summed E-state index contributed by atoms with van der Waals surface area (Å²) in [5.74, 6) is 0.375. The molecule has 4 rings (SSSR count). The Morgan fingerprint density at radius 1 is 0.968 bits per heavy atom. The zero-order valence-corrected chi connectivity index (χ0v) is 17.6. The summed E-state index contributed by atoms with van der Waals surface area (Å²) in [6.45, 7) is 2.66. The van der Waals surface area contributed by atoms with Crippen molar-refractivity contribution >= 4 is 0 Å². The van der Waals surface area contributed by atoms with Crippen molar-refractivity contribution in [2.75, 3.05) is 0 Å². The van der Waals surface area contributed by atoms with Crippen LogP contribution < -0.4 is 14.8 Å².